The number of rotatable bonds is 6. The third kappa shape index (κ3) is 5.31. The zero-order valence-electron chi connectivity index (χ0n) is 17.6. The lowest BCUT2D eigenvalue weighted by molar-refractivity contribution is 0.0435. The fourth-order valence-electron chi connectivity index (χ4n) is 3.81. The van der Waals surface area contributed by atoms with Crippen LogP contribution in [0.2, 0.25) is 0 Å². The molecule has 162 valence electrons. The number of aromatic nitrogens is 1. The number of aliphatic hydroxyl groups is 1. The summed E-state index contributed by atoms with van der Waals surface area (Å²) in [7, 11) is 1.39. The van der Waals surface area contributed by atoms with E-state index in [0.29, 0.717) is 32.7 Å². The van der Waals surface area contributed by atoms with Gasteiger partial charge in [0.25, 0.3) is 0 Å². The molecule has 0 spiro atoms. The molecular weight excluding hydrogens is 394 g/mol. The van der Waals surface area contributed by atoms with Crippen molar-refractivity contribution in [3.05, 3.63) is 60.9 Å². The molecule has 7 heteroatoms. The lowest BCUT2D eigenvalue weighted by atomic mass is 10.0. The molecule has 1 atom stereocenters. The maximum Gasteiger partial charge on any atom is 0.409 e. The molecule has 4 rings (SSSR count). The van der Waals surface area contributed by atoms with Gasteiger partial charge in [0.05, 0.1) is 7.11 Å². The minimum absolute atomic E-state index is 0.213. The number of fused-ring (bicyclic) bond motifs is 1. The Morgan fingerprint density at radius 3 is 2.61 bits per heavy atom. The number of pyridine rings is 1. The van der Waals surface area contributed by atoms with E-state index in [2.05, 4.69) is 28.1 Å². The molecule has 1 aliphatic rings. The molecule has 0 bridgehead atoms. The fraction of sp³-hybridized carbons (Fsp3) is 0.333. The average molecular weight is 421 g/mol. The van der Waals surface area contributed by atoms with Gasteiger partial charge in [0.15, 0.2) is 0 Å². The Bertz CT molecular complexity index is 1020. The van der Waals surface area contributed by atoms with Gasteiger partial charge >= 0.3 is 6.09 Å². The minimum Gasteiger partial charge on any atom is -0.491 e. The number of carbonyl (C=O) groups is 1. The first kappa shape index (κ1) is 21.1. The van der Waals surface area contributed by atoms with Crippen LogP contribution in [0.5, 0.6) is 5.75 Å². The number of aliphatic hydroxyl groups excluding tert-OH is 1. The normalized spacial score (nSPS) is 15.6. The van der Waals surface area contributed by atoms with E-state index >= 15 is 0 Å². The van der Waals surface area contributed by atoms with Crippen molar-refractivity contribution >= 4 is 16.9 Å². The summed E-state index contributed by atoms with van der Waals surface area (Å²) in [6.07, 6.45) is 2.71. The monoisotopic (exact) mass is 421 g/mol. The average Bonchev–Trinajstić information content (AvgIpc) is 2.82. The maximum absolute atomic E-state index is 11.6. The number of ether oxygens (including phenoxy) is 2. The fourth-order valence-corrected chi connectivity index (χ4v) is 3.81. The molecule has 0 aliphatic carbocycles. The van der Waals surface area contributed by atoms with Gasteiger partial charge in [-0.2, -0.15) is 0 Å². The number of carbonyl (C=O) groups excluding carboxylic acids is 1. The largest absolute Gasteiger partial charge is 0.491 e. The Hall–Kier alpha value is -3.16. The van der Waals surface area contributed by atoms with E-state index in [0.717, 1.165) is 27.6 Å². The van der Waals surface area contributed by atoms with Crippen LogP contribution in [-0.2, 0) is 4.74 Å². The van der Waals surface area contributed by atoms with Crippen LogP contribution in [0, 0.1) is 0 Å². The number of nitrogens with zero attached hydrogens (tertiary/aromatic N) is 3. The number of methoxy groups -OCH3 is 1. The number of hydrogen-bond acceptors (Lipinski definition) is 6. The van der Waals surface area contributed by atoms with Crippen LogP contribution >= 0.6 is 0 Å². The highest BCUT2D eigenvalue weighted by Gasteiger charge is 2.23. The Balaban J connectivity index is 1.33. The van der Waals surface area contributed by atoms with Gasteiger partial charge < -0.3 is 19.5 Å². The van der Waals surface area contributed by atoms with Crippen LogP contribution in [-0.4, -0.2) is 78.5 Å². The predicted molar refractivity (Wildman–Crippen MR) is 119 cm³/mol. The molecule has 1 unspecified atom stereocenters. The molecule has 1 aliphatic heterocycles. The van der Waals surface area contributed by atoms with Crippen molar-refractivity contribution in [2.75, 3.05) is 46.4 Å². The molecule has 1 N–H and O–H groups in total. The van der Waals surface area contributed by atoms with Crippen molar-refractivity contribution in [2.45, 2.75) is 6.10 Å². The lowest BCUT2D eigenvalue weighted by Crippen LogP contribution is -2.50. The summed E-state index contributed by atoms with van der Waals surface area (Å²) in [6, 6.07) is 16.2. The number of benzene rings is 2. The van der Waals surface area contributed by atoms with Crippen molar-refractivity contribution in [3.8, 4) is 16.9 Å². The predicted octanol–water partition coefficient (Wildman–Crippen LogP) is 3.03. The lowest BCUT2D eigenvalue weighted by Gasteiger charge is -2.34. The zero-order chi connectivity index (χ0) is 21.6. The summed E-state index contributed by atoms with van der Waals surface area (Å²) in [5, 5.41) is 12.6. The van der Waals surface area contributed by atoms with E-state index in [1.54, 1.807) is 11.1 Å². The Morgan fingerprint density at radius 1 is 1.06 bits per heavy atom. The molecule has 1 aromatic heterocycles. The third-order valence-corrected chi connectivity index (χ3v) is 5.52. The van der Waals surface area contributed by atoms with E-state index < -0.39 is 6.10 Å². The van der Waals surface area contributed by atoms with Crippen molar-refractivity contribution in [2.24, 2.45) is 0 Å². The van der Waals surface area contributed by atoms with E-state index in [1.807, 2.05) is 36.5 Å². The Labute approximate surface area is 181 Å². The maximum atomic E-state index is 11.6. The number of amides is 1. The van der Waals surface area contributed by atoms with Gasteiger partial charge in [-0.1, -0.05) is 24.3 Å². The summed E-state index contributed by atoms with van der Waals surface area (Å²) in [6.45, 7) is 3.34. The summed E-state index contributed by atoms with van der Waals surface area (Å²) in [5.41, 5.74) is 2.17. The van der Waals surface area contributed by atoms with Crippen molar-refractivity contribution in [1.82, 2.24) is 14.8 Å². The minimum atomic E-state index is -0.609. The van der Waals surface area contributed by atoms with Crippen molar-refractivity contribution < 1.29 is 19.4 Å². The highest BCUT2D eigenvalue weighted by Crippen LogP contribution is 2.27. The first-order valence-electron chi connectivity index (χ1n) is 10.4. The van der Waals surface area contributed by atoms with Crippen LogP contribution in [0.25, 0.3) is 21.9 Å². The Morgan fingerprint density at radius 2 is 1.87 bits per heavy atom. The second-order valence-corrected chi connectivity index (χ2v) is 7.69. The highest BCUT2D eigenvalue weighted by atomic mass is 16.5. The molecule has 2 heterocycles. The van der Waals surface area contributed by atoms with Gasteiger partial charge in [-0.15, -0.1) is 0 Å². The molecule has 1 fully saturated rings. The first-order chi connectivity index (χ1) is 15.1. The van der Waals surface area contributed by atoms with Crippen LogP contribution in [0.1, 0.15) is 0 Å². The summed E-state index contributed by atoms with van der Waals surface area (Å²) < 4.78 is 10.6. The highest BCUT2D eigenvalue weighted by molar-refractivity contribution is 5.88. The topological polar surface area (TPSA) is 75.1 Å². The number of β-amino-alcohol motifs (C(OH)–C–C–N with tert-alkyl or cyclic N) is 1. The molecule has 31 heavy (non-hydrogen) atoms. The second-order valence-electron chi connectivity index (χ2n) is 7.69. The van der Waals surface area contributed by atoms with Crippen LogP contribution in [0.4, 0.5) is 4.79 Å². The standard InChI is InChI=1S/C24H27N3O4/c1-30-24(29)27-11-9-26(10-12-27)16-22(28)17-31-23-7-6-18-4-5-19(13-21(18)14-23)20-3-2-8-25-15-20/h2-8,13-15,22,28H,9-12,16-17H2,1H3. The zero-order valence-corrected chi connectivity index (χ0v) is 17.6. The van der Waals surface area contributed by atoms with E-state index in [-0.39, 0.29) is 12.7 Å². The second kappa shape index (κ2) is 9.76. The van der Waals surface area contributed by atoms with Gasteiger partial charge in [0.1, 0.15) is 18.5 Å². The van der Waals surface area contributed by atoms with Gasteiger partial charge in [0, 0.05) is 50.7 Å². The van der Waals surface area contributed by atoms with Crippen LogP contribution in [0.15, 0.2) is 60.9 Å². The van der Waals surface area contributed by atoms with Crippen LogP contribution < -0.4 is 4.74 Å². The molecule has 1 amide bonds. The Kier molecular flexibility index (Phi) is 6.64. The smallest absolute Gasteiger partial charge is 0.409 e. The van der Waals surface area contributed by atoms with Gasteiger partial charge in [-0.05, 0) is 40.6 Å². The van der Waals surface area contributed by atoms with Gasteiger partial charge in [-0.3, -0.25) is 9.88 Å². The SMILES string of the molecule is COC(=O)N1CCN(CC(O)COc2ccc3ccc(-c4cccnc4)cc3c2)CC1. The summed E-state index contributed by atoms with van der Waals surface area (Å²) in [5.74, 6) is 0.727. The molecule has 7 nitrogen and oxygen atoms in total. The van der Waals surface area contributed by atoms with E-state index in [9.17, 15) is 9.90 Å². The van der Waals surface area contributed by atoms with Gasteiger partial charge in [0.2, 0.25) is 0 Å². The first-order valence-corrected chi connectivity index (χ1v) is 10.4. The van der Waals surface area contributed by atoms with Gasteiger partial charge in [-0.25, -0.2) is 4.79 Å². The summed E-state index contributed by atoms with van der Waals surface area (Å²) >= 11 is 0. The molecule has 0 saturated carbocycles. The van der Waals surface area contributed by atoms with E-state index in [1.165, 1.54) is 7.11 Å². The van der Waals surface area contributed by atoms with Crippen molar-refractivity contribution in [3.63, 3.8) is 0 Å². The van der Waals surface area contributed by atoms with Crippen molar-refractivity contribution in [1.29, 1.82) is 0 Å². The molecule has 0 radical (unpaired) electrons. The molecule has 2 aromatic carbocycles. The number of hydrogen-bond donors (Lipinski definition) is 1. The molecule has 1 saturated heterocycles. The quantitative estimate of drug-likeness (QED) is 0.660. The van der Waals surface area contributed by atoms with Crippen LogP contribution in [0.3, 0.4) is 0 Å². The summed E-state index contributed by atoms with van der Waals surface area (Å²) in [4.78, 5) is 19.6. The molecular formula is C24H27N3O4. The third-order valence-electron chi connectivity index (χ3n) is 5.52. The molecule has 3 aromatic rings. The van der Waals surface area contributed by atoms with E-state index in [4.69, 9.17) is 9.47 Å². The number of piperazine rings is 1.